The minimum atomic E-state index is -0.183. The molecular weight excluding hydrogens is 318 g/mol. The number of rotatable bonds is 3. The maximum atomic E-state index is 12.4. The molecule has 1 aliphatic carbocycles. The molecule has 7 nitrogen and oxygen atoms in total. The SMILES string of the molecule is Cc1oc(-c2cnn(C)c2)nc1C(=O)NC1CCC(N)CC1.Cl. The van der Waals surface area contributed by atoms with Crippen molar-refractivity contribution in [1.82, 2.24) is 20.1 Å². The summed E-state index contributed by atoms with van der Waals surface area (Å²) in [6.07, 6.45) is 7.19. The van der Waals surface area contributed by atoms with Crippen LogP contribution in [0.3, 0.4) is 0 Å². The van der Waals surface area contributed by atoms with Crippen LogP contribution in [0.2, 0.25) is 0 Å². The van der Waals surface area contributed by atoms with Crippen molar-refractivity contribution < 1.29 is 9.21 Å². The number of hydrogen-bond donors (Lipinski definition) is 2. The zero-order valence-corrected chi connectivity index (χ0v) is 14.1. The molecule has 0 saturated heterocycles. The monoisotopic (exact) mass is 339 g/mol. The average molecular weight is 340 g/mol. The van der Waals surface area contributed by atoms with Gasteiger partial charge >= 0.3 is 0 Å². The van der Waals surface area contributed by atoms with Crippen molar-refractivity contribution in [2.45, 2.75) is 44.7 Å². The molecule has 0 spiro atoms. The second-order valence-electron chi connectivity index (χ2n) is 5.91. The molecule has 3 N–H and O–H groups in total. The molecule has 2 heterocycles. The summed E-state index contributed by atoms with van der Waals surface area (Å²) in [5.41, 5.74) is 6.98. The van der Waals surface area contributed by atoms with Crippen molar-refractivity contribution >= 4 is 18.3 Å². The molecule has 1 amide bonds. The molecule has 1 fully saturated rings. The van der Waals surface area contributed by atoms with E-state index in [0.29, 0.717) is 17.3 Å². The van der Waals surface area contributed by atoms with E-state index in [4.69, 9.17) is 10.2 Å². The molecule has 0 atom stereocenters. The quantitative estimate of drug-likeness (QED) is 0.888. The van der Waals surface area contributed by atoms with Gasteiger partial charge in [-0.1, -0.05) is 0 Å². The summed E-state index contributed by atoms with van der Waals surface area (Å²) in [4.78, 5) is 16.7. The smallest absolute Gasteiger partial charge is 0.273 e. The molecule has 1 saturated carbocycles. The molecule has 0 aromatic carbocycles. The lowest BCUT2D eigenvalue weighted by molar-refractivity contribution is 0.0920. The summed E-state index contributed by atoms with van der Waals surface area (Å²) in [5, 5.41) is 7.11. The van der Waals surface area contributed by atoms with Crippen molar-refractivity contribution in [3.63, 3.8) is 0 Å². The molecule has 126 valence electrons. The van der Waals surface area contributed by atoms with E-state index in [9.17, 15) is 4.79 Å². The minimum Gasteiger partial charge on any atom is -0.440 e. The average Bonchev–Trinajstić information content (AvgIpc) is 3.07. The lowest BCUT2D eigenvalue weighted by Gasteiger charge is -2.26. The maximum absolute atomic E-state index is 12.4. The second kappa shape index (κ2) is 7.14. The van der Waals surface area contributed by atoms with E-state index in [-0.39, 0.29) is 30.4 Å². The molecule has 0 bridgehead atoms. The number of nitrogens with zero attached hydrogens (tertiary/aromatic N) is 3. The van der Waals surface area contributed by atoms with Gasteiger partial charge in [-0.25, -0.2) is 4.98 Å². The van der Waals surface area contributed by atoms with Crippen LogP contribution in [0.5, 0.6) is 0 Å². The number of amides is 1. The first-order valence-corrected chi connectivity index (χ1v) is 7.56. The molecule has 2 aromatic rings. The van der Waals surface area contributed by atoms with Crippen molar-refractivity contribution in [3.05, 3.63) is 23.8 Å². The summed E-state index contributed by atoms with van der Waals surface area (Å²) in [6, 6.07) is 0.435. The fraction of sp³-hybridized carbons (Fsp3) is 0.533. The Hall–Kier alpha value is -1.86. The van der Waals surface area contributed by atoms with Crippen molar-refractivity contribution in [2.24, 2.45) is 12.8 Å². The van der Waals surface area contributed by atoms with Gasteiger partial charge in [-0.3, -0.25) is 9.48 Å². The highest BCUT2D eigenvalue weighted by atomic mass is 35.5. The van der Waals surface area contributed by atoms with Gasteiger partial charge < -0.3 is 15.5 Å². The first-order valence-electron chi connectivity index (χ1n) is 7.56. The van der Waals surface area contributed by atoms with Crippen molar-refractivity contribution in [3.8, 4) is 11.5 Å². The topological polar surface area (TPSA) is 99.0 Å². The Morgan fingerprint density at radius 3 is 2.70 bits per heavy atom. The summed E-state index contributed by atoms with van der Waals surface area (Å²) in [6.45, 7) is 1.75. The highest BCUT2D eigenvalue weighted by Crippen LogP contribution is 2.22. The molecular formula is C15H22ClN5O2. The van der Waals surface area contributed by atoms with Gasteiger partial charge in [0.1, 0.15) is 5.76 Å². The third-order valence-corrected chi connectivity index (χ3v) is 4.07. The highest BCUT2D eigenvalue weighted by molar-refractivity contribution is 5.93. The van der Waals surface area contributed by atoms with E-state index < -0.39 is 0 Å². The van der Waals surface area contributed by atoms with E-state index >= 15 is 0 Å². The largest absolute Gasteiger partial charge is 0.440 e. The number of nitrogens with one attached hydrogen (secondary N) is 1. The summed E-state index contributed by atoms with van der Waals surface area (Å²) in [5.74, 6) is 0.752. The van der Waals surface area contributed by atoms with Crippen LogP contribution in [0.1, 0.15) is 41.9 Å². The van der Waals surface area contributed by atoms with Crippen LogP contribution in [0.4, 0.5) is 0 Å². The predicted octanol–water partition coefficient (Wildman–Crippen LogP) is 1.81. The van der Waals surface area contributed by atoms with Gasteiger partial charge in [0.05, 0.1) is 11.8 Å². The fourth-order valence-electron chi connectivity index (χ4n) is 2.78. The van der Waals surface area contributed by atoms with Crippen LogP contribution in [0, 0.1) is 6.92 Å². The van der Waals surface area contributed by atoms with E-state index in [2.05, 4.69) is 15.4 Å². The first-order chi connectivity index (χ1) is 10.5. The summed E-state index contributed by atoms with van der Waals surface area (Å²) < 4.78 is 7.26. The van der Waals surface area contributed by atoms with Crippen LogP contribution in [0.25, 0.3) is 11.5 Å². The molecule has 0 unspecified atom stereocenters. The number of aromatic nitrogens is 3. The van der Waals surface area contributed by atoms with E-state index in [1.807, 2.05) is 7.05 Å². The van der Waals surface area contributed by atoms with Crippen LogP contribution >= 0.6 is 12.4 Å². The second-order valence-corrected chi connectivity index (χ2v) is 5.91. The summed E-state index contributed by atoms with van der Waals surface area (Å²) in [7, 11) is 1.82. The zero-order chi connectivity index (χ0) is 15.7. The minimum absolute atomic E-state index is 0. The molecule has 3 rings (SSSR count). The Labute approximate surface area is 141 Å². The molecule has 0 aliphatic heterocycles. The number of nitrogens with two attached hydrogens (primary N) is 1. The Morgan fingerprint density at radius 2 is 2.09 bits per heavy atom. The van der Waals surface area contributed by atoms with Crippen LogP contribution in [-0.4, -0.2) is 32.8 Å². The Bertz CT molecular complexity index is 673. The standard InChI is InChI=1S/C15H21N5O2.ClH/c1-9-13(14(21)18-12-5-3-11(16)4-6-12)19-15(22-9)10-7-17-20(2)8-10;/h7-8,11-12H,3-6,16H2,1-2H3,(H,18,21);1H. The van der Waals surface area contributed by atoms with E-state index in [0.717, 1.165) is 31.2 Å². The molecule has 23 heavy (non-hydrogen) atoms. The van der Waals surface area contributed by atoms with Crippen LogP contribution in [-0.2, 0) is 7.05 Å². The number of halogens is 1. The van der Waals surface area contributed by atoms with Gasteiger partial charge in [0.2, 0.25) is 5.89 Å². The fourth-order valence-corrected chi connectivity index (χ4v) is 2.78. The Kier molecular flexibility index (Phi) is 5.43. The van der Waals surface area contributed by atoms with Gasteiger partial charge in [-0.2, -0.15) is 5.10 Å². The van der Waals surface area contributed by atoms with Gasteiger partial charge in [0.15, 0.2) is 5.69 Å². The maximum Gasteiger partial charge on any atom is 0.273 e. The molecule has 8 heteroatoms. The third kappa shape index (κ3) is 3.92. The third-order valence-electron chi connectivity index (χ3n) is 4.07. The number of carbonyl (C=O) groups is 1. The summed E-state index contributed by atoms with van der Waals surface area (Å²) >= 11 is 0. The molecule has 0 radical (unpaired) electrons. The van der Waals surface area contributed by atoms with Gasteiger partial charge in [0.25, 0.3) is 5.91 Å². The lowest BCUT2D eigenvalue weighted by atomic mass is 9.92. The number of hydrogen-bond acceptors (Lipinski definition) is 5. The van der Waals surface area contributed by atoms with Gasteiger partial charge in [-0.15, -0.1) is 12.4 Å². The van der Waals surface area contributed by atoms with Crippen LogP contribution < -0.4 is 11.1 Å². The van der Waals surface area contributed by atoms with Gasteiger partial charge in [0, 0.05) is 25.3 Å². The molecule has 2 aromatic heterocycles. The Morgan fingerprint density at radius 1 is 1.39 bits per heavy atom. The number of aryl methyl sites for hydroxylation is 2. The van der Waals surface area contributed by atoms with Gasteiger partial charge in [-0.05, 0) is 32.6 Å². The predicted molar refractivity (Wildman–Crippen MR) is 88.4 cm³/mol. The van der Waals surface area contributed by atoms with Crippen molar-refractivity contribution in [1.29, 1.82) is 0 Å². The van der Waals surface area contributed by atoms with E-state index in [1.165, 1.54) is 0 Å². The number of carbonyl (C=O) groups excluding carboxylic acids is 1. The van der Waals surface area contributed by atoms with Crippen molar-refractivity contribution in [2.75, 3.05) is 0 Å². The normalized spacial score (nSPS) is 20.8. The van der Waals surface area contributed by atoms with Crippen LogP contribution in [0.15, 0.2) is 16.8 Å². The van der Waals surface area contributed by atoms with E-state index in [1.54, 1.807) is 24.0 Å². The molecule has 1 aliphatic rings. The Balaban J connectivity index is 0.00000192. The lowest BCUT2D eigenvalue weighted by Crippen LogP contribution is -2.40. The zero-order valence-electron chi connectivity index (χ0n) is 13.3. The number of oxazole rings is 1. The highest BCUT2D eigenvalue weighted by Gasteiger charge is 2.24. The first kappa shape index (κ1) is 17.5.